The SMILES string of the molecule is COC(=O)C(C)N1CCCC(C(C)C)CC1. The zero-order chi connectivity index (χ0) is 12.1. The zero-order valence-electron chi connectivity index (χ0n) is 11.0. The predicted octanol–water partition coefficient (Wildman–Crippen LogP) is 2.31. The summed E-state index contributed by atoms with van der Waals surface area (Å²) in [6, 6.07) is -0.0871. The first kappa shape index (κ1) is 13.5. The van der Waals surface area contributed by atoms with Crippen molar-refractivity contribution >= 4 is 5.97 Å². The van der Waals surface area contributed by atoms with Crippen LogP contribution in [-0.2, 0) is 9.53 Å². The fraction of sp³-hybridized carbons (Fsp3) is 0.923. The molecule has 1 rings (SSSR count). The Morgan fingerprint density at radius 2 is 1.94 bits per heavy atom. The molecule has 0 aromatic carbocycles. The highest BCUT2D eigenvalue weighted by Gasteiger charge is 2.26. The van der Waals surface area contributed by atoms with Crippen LogP contribution in [-0.4, -0.2) is 37.1 Å². The third kappa shape index (κ3) is 3.48. The van der Waals surface area contributed by atoms with E-state index in [1.165, 1.54) is 26.4 Å². The molecule has 1 heterocycles. The quantitative estimate of drug-likeness (QED) is 0.693. The number of likely N-dealkylation sites (tertiary alicyclic amines) is 1. The van der Waals surface area contributed by atoms with E-state index < -0.39 is 0 Å². The van der Waals surface area contributed by atoms with Crippen LogP contribution in [0, 0.1) is 11.8 Å². The number of hydrogen-bond donors (Lipinski definition) is 0. The van der Waals surface area contributed by atoms with Gasteiger partial charge in [-0.1, -0.05) is 13.8 Å². The molecule has 0 aromatic rings. The monoisotopic (exact) mass is 227 g/mol. The van der Waals surface area contributed by atoms with Crippen LogP contribution in [0.1, 0.15) is 40.0 Å². The van der Waals surface area contributed by atoms with Crippen LogP contribution in [0.2, 0.25) is 0 Å². The summed E-state index contributed by atoms with van der Waals surface area (Å²) in [6.45, 7) is 8.59. The maximum Gasteiger partial charge on any atom is 0.322 e. The molecule has 94 valence electrons. The number of nitrogens with zero attached hydrogens (tertiary/aromatic N) is 1. The lowest BCUT2D eigenvalue weighted by molar-refractivity contribution is -0.146. The number of carbonyl (C=O) groups is 1. The van der Waals surface area contributed by atoms with Gasteiger partial charge in [0, 0.05) is 0 Å². The highest BCUT2D eigenvalue weighted by Crippen LogP contribution is 2.25. The van der Waals surface area contributed by atoms with Crippen molar-refractivity contribution in [1.29, 1.82) is 0 Å². The Hall–Kier alpha value is -0.570. The predicted molar refractivity (Wildman–Crippen MR) is 65.2 cm³/mol. The Bertz CT molecular complexity index is 228. The van der Waals surface area contributed by atoms with E-state index in [0.717, 1.165) is 24.9 Å². The smallest absolute Gasteiger partial charge is 0.322 e. The van der Waals surface area contributed by atoms with Gasteiger partial charge >= 0.3 is 5.97 Å². The van der Waals surface area contributed by atoms with Crippen LogP contribution in [0.25, 0.3) is 0 Å². The Morgan fingerprint density at radius 3 is 2.50 bits per heavy atom. The number of esters is 1. The van der Waals surface area contributed by atoms with Gasteiger partial charge in [-0.15, -0.1) is 0 Å². The molecule has 2 unspecified atom stereocenters. The number of ether oxygens (including phenoxy) is 1. The van der Waals surface area contributed by atoms with Gasteiger partial charge in [0.15, 0.2) is 0 Å². The Kier molecular flexibility index (Phi) is 5.26. The highest BCUT2D eigenvalue weighted by atomic mass is 16.5. The first-order valence-corrected chi connectivity index (χ1v) is 6.38. The number of hydrogen-bond acceptors (Lipinski definition) is 3. The second-order valence-corrected chi connectivity index (χ2v) is 5.17. The van der Waals surface area contributed by atoms with E-state index in [9.17, 15) is 4.79 Å². The Balaban J connectivity index is 2.49. The average molecular weight is 227 g/mol. The summed E-state index contributed by atoms with van der Waals surface area (Å²) in [5, 5.41) is 0. The Labute approximate surface area is 99.1 Å². The van der Waals surface area contributed by atoms with E-state index in [2.05, 4.69) is 18.7 Å². The normalized spacial score (nSPS) is 25.2. The Morgan fingerprint density at radius 1 is 1.25 bits per heavy atom. The molecule has 1 aliphatic heterocycles. The summed E-state index contributed by atoms with van der Waals surface area (Å²) in [4.78, 5) is 13.7. The van der Waals surface area contributed by atoms with Gasteiger partial charge in [0.05, 0.1) is 7.11 Å². The maximum absolute atomic E-state index is 11.5. The molecule has 1 saturated heterocycles. The maximum atomic E-state index is 11.5. The molecule has 16 heavy (non-hydrogen) atoms. The van der Waals surface area contributed by atoms with Gasteiger partial charge in [0.25, 0.3) is 0 Å². The lowest BCUT2D eigenvalue weighted by Gasteiger charge is -2.25. The van der Waals surface area contributed by atoms with Crippen molar-refractivity contribution in [2.24, 2.45) is 11.8 Å². The summed E-state index contributed by atoms with van der Waals surface area (Å²) in [6.07, 6.45) is 3.70. The van der Waals surface area contributed by atoms with Crippen molar-refractivity contribution in [2.45, 2.75) is 46.1 Å². The summed E-state index contributed by atoms with van der Waals surface area (Å²) in [7, 11) is 1.47. The highest BCUT2D eigenvalue weighted by molar-refractivity contribution is 5.75. The zero-order valence-corrected chi connectivity index (χ0v) is 11.0. The van der Waals surface area contributed by atoms with Crippen molar-refractivity contribution in [3.8, 4) is 0 Å². The van der Waals surface area contributed by atoms with E-state index in [-0.39, 0.29) is 12.0 Å². The van der Waals surface area contributed by atoms with Crippen molar-refractivity contribution < 1.29 is 9.53 Å². The second kappa shape index (κ2) is 6.24. The van der Waals surface area contributed by atoms with Gasteiger partial charge in [-0.05, 0) is 51.1 Å². The van der Waals surface area contributed by atoms with Crippen LogP contribution in [0.5, 0.6) is 0 Å². The van der Waals surface area contributed by atoms with Crippen LogP contribution >= 0.6 is 0 Å². The van der Waals surface area contributed by atoms with Crippen molar-refractivity contribution in [1.82, 2.24) is 4.90 Å². The average Bonchev–Trinajstić information content (AvgIpc) is 2.52. The summed E-state index contributed by atoms with van der Waals surface area (Å²) in [5.41, 5.74) is 0. The minimum absolute atomic E-state index is 0.0871. The van der Waals surface area contributed by atoms with Crippen molar-refractivity contribution in [2.75, 3.05) is 20.2 Å². The molecule has 0 N–H and O–H groups in total. The molecular weight excluding hydrogens is 202 g/mol. The molecule has 0 radical (unpaired) electrons. The lowest BCUT2D eigenvalue weighted by atomic mass is 9.89. The van der Waals surface area contributed by atoms with Crippen LogP contribution < -0.4 is 0 Å². The molecule has 3 nitrogen and oxygen atoms in total. The minimum Gasteiger partial charge on any atom is -0.468 e. The molecule has 1 fully saturated rings. The standard InChI is InChI=1S/C13H25NO2/c1-10(2)12-6-5-8-14(9-7-12)11(3)13(15)16-4/h10-12H,5-9H2,1-4H3. The van der Waals surface area contributed by atoms with E-state index in [1.807, 2.05) is 6.92 Å². The molecule has 0 spiro atoms. The molecule has 0 saturated carbocycles. The second-order valence-electron chi connectivity index (χ2n) is 5.17. The van der Waals surface area contributed by atoms with Gasteiger partial charge in [-0.3, -0.25) is 9.69 Å². The third-order valence-electron chi connectivity index (χ3n) is 3.84. The van der Waals surface area contributed by atoms with Gasteiger partial charge in [0.2, 0.25) is 0 Å². The fourth-order valence-corrected chi connectivity index (χ4v) is 2.52. The molecule has 0 aromatic heterocycles. The van der Waals surface area contributed by atoms with E-state index in [1.54, 1.807) is 0 Å². The number of rotatable bonds is 3. The summed E-state index contributed by atoms with van der Waals surface area (Å²) < 4.78 is 4.80. The van der Waals surface area contributed by atoms with Crippen LogP contribution in [0.4, 0.5) is 0 Å². The van der Waals surface area contributed by atoms with Crippen LogP contribution in [0.3, 0.4) is 0 Å². The fourth-order valence-electron chi connectivity index (χ4n) is 2.52. The largest absolute Gasteiger partial charge is 0.468 e. The van der Waals surface area contributed by atoms with Crippen molar-refractivity contribution in [3.05, 3.63) is 0 Å². The molecule has 0 amide bonds. The van der Waals surface area contributed by atoms with Crippen LogP contribution in [0.15, 0.2) is 0 Å². The first-order chi connectivity index (χ1) is 7.56. The summed E-state index contributed by atoms with van der Waals surface area (Å²) >= 11 is 0. The molecular formula is C13H25NO2. The molecule has 0 aliphatic carbocycles. The van der Waals surface area contributed by atoms with Gasteiger partial charge < -0.3 is 4.74 Å². The van der Waals surface area contributed by atoms with E-state index in [0.29, 0.717) is 0 Å². The van der Waals surface area contributed by atoms with E-state index >= 15 is 0 Å². The third-order valence-corrected chi connectivity index (χ3v) is 3.84. The lowest BCUT2D eigenvalue weighted by Crippen LogP contribution is -2.40. The minimum atomic E-state index is -0.108. The number of carbonyl (C=O) groups excluding carboxylic acids is 1. The van der Waals surface area contributed by atoms with E-state index in [4.69, 9.17) is 4.74 Å². The molecule has 2 atom stereocenters. The van der Waals surface area contributed by atoms with Crippen molar-refractivity contribution in [3.63, 3.8) is 0 Å². The molecule has 3 heteroatoms. The van der Waals surface area contributed by atoms with Gasteiger partial charge in [0.1, 0.15) is 6.04 Å². The van der Waals surface area contributed by atoms with Gasteiger partial charge in [-0.2, -0.15) is 0 Å². The molecule has 0 bridgehead atoms. The first-order valence-electron chi connectivity index (χ1n) is 6.38. The topological polar surface area (TPSA) is 29.5 Å². The summed E-state index contributed by atoms with van der Waals surface area (Å²) in [5.74, 6) is 1.46. The molecule has 1 aliphatic rings. The van der Waals surface area contributed by atoms with Gasteiger partial charge in [-0.25, -0.2) is 0 Å². The number of methoxy groups -OCH3 is 1.